The summed E-state index contributed by atoms with van der Waals surface area (Å²) in [6, 6.07) is 0. The maximum absolute atomic E-state index is 12.4. The van der Waals surface area contributed by atoms with Crippen molar-refractivity contribution >= 4 is 16.5 Å². The molecule has 1 aromatic heterocycles. The van der Waals surface area contributed by atoms with Crippen LogP contribution >= 0.6 is 11.3 Å². The van der Waals surface area contributed by atoms with Crippen LogP contribution in [0.3, 0.4) is 0 Å². The predicted octanol–water partition coefficient (Wildman–Crippen LogP) is 2.24. The van der Waals surface area contributed by atoms with Gasteiger partial charge in [-0.05, 0) is 13.0 Å². The van der Waals surface area contributed by atoms with Crippen LogP contribution in [0, 0.1) is 0 Å². The Morgan fingerprint density at radius 2 is 2.13 bits per heavy atom. The van der Waals surface area contributed by atoms with Gasteiger partial charge in [-0.15, -0.1) is 11.3 Å². The lowest BCUT2D eigenvalue weighted by atomic mass is 10.3. The second kappa shape index (κ2) is 4.80. The zero-order chi connectivity index (χ0) is 11.5. The average Bonchev–Trinajstić information content (AvgIpc) is 2.47. The number of halogens is 3. The van der Waals surface area contributed by atoms with Crippen molar-refractivity contribution in [2.75, 3.05) is 12.3 Å². The Hall–Kier alpha value is -0.820. The SMILES string of the molecule is CCCNCc1sc(N)nc1C(F)(F)F. The summed E-state index contributed by atoms with van der Waals surface area (Å²) < 4.78 is 37.3. The molecule has 15 heavy (non-hydrogen) atoms. The first-order valence-corrected chi connectivity index (χ1v) is 5.30. The average molecular weight is 239 g/mol. The van der Waals surface area contributed by atoms with Gasteiger partial charge in [0.15, 0.2) is 10.8 Å². The Bertz CT molecular complexity index is 321. The first-order valence-electron chi connectivity index (χ1n) is 4.48. The minimum Gasteiger partial charge on any atom is -0.375 e. The molecule has 0 saturated heterocycles. The van der Waals surface area contributed by atoms with Crippen LogP contribution in [0.25, 0.3) is 0 Å². The van der Waals surface area contributed by atoms with Gasteiger partial charge in [0, 0.05) is 6.54 Å². The van der Waals surface area contributed by atoms with E-state index in [1.165, 1.54) is 0 Å². The summed E-state index contributed by atoms with van der Waals surface area (Å²) in [7, 11) is 0. The van der Waals surface area contributed by atoms with E-state index in [9.17, 15) is 13.2 Å². The minimum absolute atomic E-state index is 0.0457. The first kappa shape index (κ1) is 12.3. The standard InChI is InChI=1S/C8H12F3N3S/c1-2-3-13-4-5-6(8(9,10)11)14-7(12)15-5/h13H,2-4H2,1H3,(H2,12,14). The normalized spacial score (nSPS) is 12.0. The lowest BCUT2D eigenvalue weighted by Crippen LogP contribution is -2.17. The van der Waals surface area contributed by atoms with E-state index >= 15 is 0 Å². The third-order valence-electron chi connectivity index (χ3n) is 1.69. The van der Waals surface area contributed by atoms with E-state index in [1.54, 1.807) is 0 Å². The van der Waals surface area contributed by atoms with E-state index in [0.29, 0.717) is 6.54 Å². The Kier molecular flexibility index (Phi) is 3.92. The van der Waals surface area contributed by atoms with Gasteiger partial charge < -0.3 is 11.1 Å². The number of rotatable bonds is 4. The van der Waals surface area contributed by atoms with Gasteiger partial charge in [0.25, 0.3) is 0 Å². The van der Waals surface area contributed by atoms with Crippen LogP contribution in [0.4, 0.5) is 18.3 Å². The molecule has 0 saturated carbocycles. The van der Waals surface area contributed by atoms with Crippen LogP contribution in [0.5, 0.6) is 0 Å². The number of hydrogen-bond acceptors (Lipinski definition) is 4. The van der Waals surface area contributed by atoms with Crippen LogP contribution < -0.4 is 11.1 Å². The first-order chi connectivity index (χ1) is 6.95. The number of anilines is 1. The van der Waals surface area contributed by atoms with Gasteiger partial charge >= 0.3 is 6.18 Å². The van der Waals surface area contributed by atoms with Crippen LogP contribution in [0.2, 0.25) is 0 Å². The number of nitrogens with zero attached hydrogens (tertiary/aromatic N) is 1. The molecule has 0 radical (unpaired) electrons. The van der Waals surface area contributed by atoms with Crippen LogP contribution in [-0.2, 0) is 12.7 Å². The summed E-state index contributed by atoms with van der Waals surface area (Å²) in [4.78, 5) is 3.44. The Morgan fingerprint density at radius 3 is 2.67 bits per heavy atom. The molecule has 0 fully saturated rings. The molecular formula is C8H12F3N3S. The van der Waals surface area contributed by atoms with Crippen molar-refractivity contribution in [2.24, 2.45) is 0 Å². The molecule has 0 spiro atoms. The van der Waals surface area contributed by atoms with Crippen molar-refractivity contribution in [1.82, 2.24) is 10.3 Å². The summed E-state index contributed by atoms with van der Waals surface area (Å²) in [5.41, 5.74) is 4.39. The van der Waals surface area contributed by atoms with E-state index in [2.05, 4.69) is 10.3 Å². The third-order valence-corrected chi connectivity index (χ3v) is 2.58. The van der Waals surface area contributed by atoms with E-state index in [-0.39, 0.29) is 16.6 Å². The van der Waals surface area contributed by atoms with Gasteiger partial charge in [-0.2, -0.15) is 13.2 Å². The second-order valence-corrected chi connectivity index (χ2v) is 4.11. The molecule has 1 rings (SSSR count). The van der Waals surface area contributed by atoms with E-state index < -0.39 is 11.9 Å². The molecule has 1 aromatic rings. The molecule has 0 aliphatic heterocycles. The van der Waals surface area contributed by atoms with Gasteiger partial charge in [-0.3, -0.25) is 0 Å². The Morgan fingerprint density at radius 1 is 1.47 bits per heavy atom. The topological polar surface area (TPSA) is 50.9 Å². The maximum atomic E-state index is 12.4. The lowest BCUT2D eigenvalue weighted by molar-refractivity contribution is -0.141. The van der Waals surface area contributed by atoms with Gasteiger partial charge in [0.1, 0.15) is 0 Å². The molecule has 0 atom stereocenters. The van der Waals surface area contributed by atoms with Crippen molar-refractivity contribution < 1.29 is 13.2 Å². The third kappa shape index (κ3) is 3.35. The van der Waals surface area contributed by atoms with Gasteiger partial charge in [-0.1, -0.05) is 6.92 Å². The van der Waals surface area contributed by atoms with Crippen molar-refractivity contribution in [3.05, 3.63) is 10.6 Å². The smallest absolute Gasteiger partial charge is 0.375 e. The predicted molar refractivity (Wildman–Crippen MR) is 53.5 cm³/mol. The molecule has 1 heterocycles. The molecule has 7 heteroatoms. The summed E-state index contributed by atoms with van der Waals surface area (Å²) in [6.07, 6.45) is -3.55. The fraction of sp³-hybridized carbons (Fsp3) is 0.625. The van der Waals surface area contributed by atoms with E-state index in [4.69, 9.17) is 5.73 Å². The Balaban J connectivity index is 2.78. The highest BCUT2D eigenvalue weighted by molar-refractivity contribution is 7.15. The summed E-state index contributed by atoms with van der Waals surface area (Å²) in [6.45, 7) is 2.78. The molecule has 0 amide bonds. The van der Waals surface area contributed by atoms with Gasteiger partial charge in [-0.25, -0.2) is 4.98 Å². The lowest BCUT2D eigenvalue weighted by Gasteiger charge is -2.06. The quantitative estimate of drug-likeness (QED) is 0.792. The molecule has 3 nitrogen and oxygen atoms in total. The Labute approximate surface area is 89.5 Å². The van der Waals surface area contributed by atoms with Crippen LogP contribution in [-0.4, -0.2) is 11.5 Å². The van der Waals surface area contributed by atoms with Crippen molar-refractivity contribution in [3.8, 4) is 0 Å². The van der Waals surface area contributed by atoms with Crippen molar-refractivity contribution in [1.29, 1.82) is 0 Å². The highest BCUT2D eigenvalue weighted by Gasteiger charge is 2.36. The molecule has 3 N–H and O–H groups in total. The van der Waals surface area contributed by atoms with Crippen LogP contribution in [0.15, 0.2) is 0 Å². The van der Waals surface area contributed by atoms with Crippen molar-refractivity contribution in [3.63, 3.8) is 0 Å². The number of hydrogen-bond donors (Lipinski definition) is 2. The minimum atomic E-state index is -4.42. The monoisotopic (exact) mass is 239 g/mol. The van der Waals surface area contributed by atoms with Gasteiger partial charge in [0.2, 0.25) is 0 Å². The van der Waals surface area contributed by atoms with Crippen LogP contribution in [0.1, 0.15) is 23.9 Å². The zero-order valence-corrected chi connectivity index (χ0v) is 9.00. The second-order valence-electron chi connectivity index (χ2n) is 3.00. The molecular weight excluding hydrogens is 227 g/mol. The van der Waals surface area contributed by atoms with Crippen molar-refractivity contribution in [2.45, 2.75) is 26.1 Å². The fourth-order valence-electron chi connectivity index (χ4n) is 1.09. The number of alkyl halides is 3. The molecule has 0 aromatic carbocycles. The highest BCUT2D eigenvalue weighted by atomic mass is 32.1. The van der Waals surface area contributed by atoms with E-state index in [0.717, 1.165) is 17.8 Å². The molecule has 0 aliphatic carbocycles. The van der Waals surface area contributed by atoms with Gasteiger partial charge in [0.05, 0.1) is 4.88 Å². The molecule has 0 aliphatic rings. The summed E-state index contributed by atoms with van der Waals surface area (Å²) in [5, 5.41) is 2.85. The highest BCUT2D eigenvalue weighted by Crippen LogP contribution is 2.34. The fourth-order valence-corrected chi connectivity index (χ4v) is 1.91. The summed E-state index contributed by atoms with van der Waals surface area (Å²) >= 11 is 0.876. The number of thiazole rings is 1. The maximum Gasteiger partial charge on any atom is 0.434 e. The molecule has 0 unspecified atom stereocenters. The number of nitrogen functional groups attached to an aromatic ring is 1. The number of aromatic nitrogens is 1. The summed E-state index contributed by atoms with van der Waals surface area (Å²) in [5.74, 6) is 0. The molecule has 86 valence electrons. The number of nitrogens with two attached hydrogens (primary N) is 1. The molecule has 0 bridgehead atoms. The zero-order valence-electron chi connectivity index (χ0n) is 8.19. The number of nitrogens with one attached hydrogen (secondary N) is 1. The van der Waals surface area contributed by atoms with E-state index in [1.807, 2.05) is 6.92 Å². The largest absolute Gasteiger partial charge is 0.434 e.